The molecule has 7 nitrogen and oxygen atoms in total. The number of aliphatic imine (C=N–C) groups is 2. The van der Waals surface area contributed by atoms with Crippen molar-refractivity contribution >= 4 is 23.6 Å². The van der Waals surface area contributed by atoms with Gasteiger partial charge in [0.2, 0.25) is 11.9 Å². The quantitative estimate of drug-likeness (QED) is 0.795. The van der Waals surface area contributed by atoms with Gasteiger partial charge in [0, 0.05) is 5.56 Å². The van der Waals surface area contributed by atoms with E-state index in [0.29, 0.717) is 12.8 Å². The summed E-state index contributed by atoms with van der Waals surface area (Å²) in [6.45, 7) is 0. The van der Waals surface area contributed by atoms with Crippen LogP contribution >= 0.6 is 0 Å². The summed E-state index contributed by atoms with van der Waals surface area (Å²) in [4.78, 5) is 21.1. The summed E-state index contributed by atoms with van der Waals surface area (Å²) in [6, 6.07) is 2.72. The Kier molecular flexibility index (Phi) is 4.80. The Bertz CT molecular complexity index is 788. The molecule has 140 valence electrons. The summed E-state index contributed by atoms with van der Waals surface area (Å²) >= 11 is 0. The number of carbonyl (C=O) groups excluding carboxylic acids is 1. The number of guanidine groups is 2. The van der Waals surface area contributed by atoms with Crippen LogP contribution in [0.3, 0.4) is 0 Å². The Balaban J connectivity index is 2.05. The second kappa shape index (κ2) is 6.89. The zero-order chi connectivity index (χ0) is 18.9. The number of methoxy groups -OCH3 is 1. The van der Waals surface area contributed by atoms with Crippen molar-refractivity contribution in [2.24, 2.45) is 21.5 Å². The number of hydrogen-bond acceptors (Lipinski definition) is 7. The van der Waals surface area contributed by atoms with Crippen LogP contribution in [0.25, 0.3) is 0 Å². The van der Waals surface area contributed by atoms with E-state index in [2.05, 4.69) is 14.7 Å². The van der Waals surface area contributed by atoms with E-state index in [4.69, 9.17) is 11.5 Å². The fourth-order valence-corrected chi connectivity index (χ4v) is 3.59. The van der Waals surface area contributed by atoms with Gasteiger partial charge in [0.15, 0.2) is 11.6 Å². The Morgan fingerprint density at radius 3 is 2.58 bits per heavy atom. The fourth-order valence-electron chi connectivity index (χ4n) is 3.59. The largest absolute Gasteiger partial charge is 0.469 e. The number of carbonyl (C=O) groups is 1. The van der Waals surface area contributed by atoms with Gasteiger partial charge in [0.05, 0.1) is 19.2 Å². The van der Waals surface area contributed by atoms with Crippen molar-refractivity contribution in [1.29, 1.82) is 0 Å². The third-order valence-corrected chi connectivity index (χ3v) is 4.80. The first kappa shape index (κ1) is 18.1. The summed E-state index contributed by atoms with van der Waals surface area (Å²) < 4.78 is 33.9. The van der Waals surface area contributed by atoms with E-state index < -0.39 is 23.3 Å². The van der Waals surface area contributed by atoms with E-state index in [1.807, 2.05) is 0 Å². The minimum Gasteiger partial charge on any atom is -0.469 e. The van der Waals surface area contributed by atoms with Gasteiger partial charge in [-0.2, -0.15) is 4.99 Å². The van der Waals surface area contributed by atoms with Crippen molar-refractivity contribution in [2.45, 2.75) is 44.2 Å². The standard InChI is InChI=1S/C17H21F2N5O2/c1-26-12(25)9-10-5-6-11(14(19)13(10)18)24-16(21)22-15(20)23-17(24)7-3-2-4-8-17/h5-6H,2-4,7-9H2,1H3,(H4,20,21,22,23). The minimum absolute atomic E-state index is 0.0292. The zero-order valence-electron chi connectivity index (χ0n) is 14.5. The molecule has 0 amide bonds. The maximum Gasteiger partial charge on any atom is 0.310 e. The Morgan fingerprint density at radius 1 is 1.23 bits per heavy atom. The van der Waals surface area contributed by atoms with Crippen LogP contribution in [0.1, 0.15) is 37.7 Å². The van der Waals surface area contributed by atoms with E-state index in [1.165, 1.54) is 24.1 Å². The number of benzene rings is 1. The molecule has 1 aliphatic heterocycles. The van der Waals surface area contributed by atoms with Crippen molar-refractivity contribution in [3.8, 4) is 0 Å². The third kappa shape index (κ3) is 3.09. The van der Waals surface area contributed by atoms with Crippen LogP contribution in [0.5, 0.6) is 0 Å². The van der Waals surface area contributed by atoms with Gasteiger partial charge in [-0.25, -0.2) is 13.8 Å². The third-order valence-electron chi connectivity index (χ3n) is 4.80. The topological polar surface area (TPSA) is 106 Å². The maximum atomic E-state index is 14.9. The predicted octanol–water partition coefficient (Wildman–Crippen LogP) is 1.79. The van der Waals surface area contributed by atoms with Gasteiger partial charge >= 0.3 is 5.97 Å². The molecule has 1 aromatic carbocycles. The Hall–Kier alpha value is -2.71. The highest BCUT2D eigenvalue weighted by molar-refractivity contribution is 6.05. The van der Waals surface area contributed by atoms with Crippen LogP contribution < -0.4 is 16.4 Å². The predicted molar refractivity (Wildman–Crippen MR) is 93.6 cm³/mol. The van der Waals surface area contributed by atoms with Crippen molar-refractivity contribution < 1.29 is 18.3 Å². The summed E-state index contributed by atoms with van der Waals surface area (Å²) in [7, 11) is 1.19. The number of ether oxygens (including phenoxy) is 1. The molecule has 1 aromatic rings. The van der Waals surface area contributed by atoms with Crippen molar-refractivity contribution in [1.82, 2.24) is 0 Å². The van der Waals surface area contributed by atoms with E-state index in [-0.39, 0.29) is 29.6 Å². The van der Waals surface area contributed by atoms with Gasteiger partial charge in [0.1, 0.15) is 5.66 Å². The maximum absolute atomic E-state index is 14.9. The molecule has 4 N–H and O–H groups in total. The Labute approximate surface area is 149 Å². The van der Waals surface area contributed by atoms with Gasteiger partial charge < -0.3 is 16.2 Å². The first-order valence-corrected chi connectivity index (χ1v) is 8.41. The van der Waals surface area contributed by atoms with E-state index in [1.54, 1.807) is 0 Å². The molecule has 0 atom stereocenters. The lowest BCUT2D eigenvalue weighted by Gasteiger charge is -2.45. The number of hydrogen-bond donors (Lipinski definition) is 2. The molecule has 0 aromatic heterocycles. The van der Waals surface area contributed by atoms with Gasteiger partial charge in [-0.05, 0) is 31.7 Å². The molecular weight excluding hydrogens is 344 g/mol. The number of nitrogens with two attached hydrogens (primary N) is 2. The monoisotopic (exact) mass is 365 g/mol. The van der Waals surface area contributed by atoms with Gasteiger partial charge in [0.25, 0.3) is 0 Å². The minimum atomic E-state index is -1.12. The lowest BCUT2D eigenvalue weighted by atomic mass is 9.87. The van der Waals surface area contributed by atoms with Gasteiger partial charge in [-0.1, -0.05) is 12.5 Å². The molecule has 0 radical (unpaired) electrons. The number of esters is 1. The van der Waals surface area contributed by atoms with Crippen LogP contribution in [0.15, 0.2) is 22.1 Å². The van der Waals surface area contributed by atoms with Crippen molar-refractivity contribution in [3.63, 3.8) is 0 Å². The number of nitrogens with zero attached hydrogens (tertiary/aromatic N) is 3. The van der Waals surface area contributed by atoms with Crippen LogP contribution in [-0.4, -0.2) is 30.7 Å². The highest BCUT2D eigenvalue weighted by atomic mass is 19.2. The molecule has 26 heavy (non-hydrogen) atoms. The molecular formula is C17H21F2N5O2. The molecule has 0 unspecified atom stereocenters. The average molecular weight is 365 g/mol. The summed E-state index contributed by atoms with van der Waals surface area (Å²) in [5.41, 5.74) is 10.8. The van der Waals surface area contributed by atoms with Crippen LogP contribution in [-0.2, 0) is 16.0 Å². The zero-order valence-corrected chi connectivity index (χ0v) is 14.5. The fraction of sp³-hybridized carbons (Fsp3) is 0.471. The van der Waals surface area contributed by atoms with Crippen LogP contribution in [0.4, 0.5) is 14.5 Å². The molecule has 2 aliphatic rings. The van der Waals surface area contributed by atoms with Crippen molar-refractivity contribution in [2.75, 3.05) is 12.0 Å². The summed E-state index contributed by atoms with van der Waals surface area (Å²) in [6.07, 6.45) is 3.61. The smallest absolute Gasteiger partial charge is 0.310 e. The highest BCUT2D eigenvalue weighted by Crippen LogP contribution is 2.40. The SMILES string of the molecule is COC(=O)Cc1ccc(N2C(N)=NC(N)=NC23CCCCC3)c(F)c1F. The van der Waals surface area contributed by atoms with E-state index in [0.717, 1.165) is 19.3 Å². The number of rotatable bonds is 3. The molecule has 0 bridgehead atoms. The lowest BCUT2D eigenvalue weighted by Crippen LogP contribution is -2.58. The average Bonchev–Trinajstić information content (AvgIpc) is 2.60. The molecule has 1 heterocycles. The lowest BCUT2D eigenvalue weighted by molar-refractivity contribution is -0.139. The number of anilines is 1. The van der Waals surface area contributed by atoms with Gasteiger partial charge in [-0.15, -0.1) is 0 Å². The van der Waals surface area contributed by atoms with Gasteiger partial charge in [-0.3, -0.25) is 9.69 Å². The molecule has 9 heteroatoms. The number of halogens is 2. The van der Waals surface area contributed by atoms with E-state index >= 15 is 0 Å². The Morgan fingerprint density at radius 2 is 1.92 bits per heavy atom. The molecule has 1 saturated carbocycles. The first-order valence-electron chi connectivity index (χ1n) is 8.41. The van der Waals surface area contributed by atoms with Crippen molar-refractivity contribution in [3.05, 3.63) is 29.3 Å². The molecule has 1 fully saturated rings. The normalized spacial score (nSPS) is 19.1. The summed E-state index contributed by atoms with van der Waals surface area (Å²) in [5.74, 6) is -2.88. The van der Waals surface area contributed by atoms with Crippen LogP contribution in [0, 0.1) is 11.6 Å². The summed E-state index contributed by atoms with van der Waals surface area (Å²) in [5, 5.41) is 0. The molecule has 1 spiro atoms. The highest BCUT2D eigenvalue weighted by Gasteiger charge is 2.44. The second-order valence-corrected chi connectivity index (χ2v) is 6.44. The molecule has 0 saturated heterocycles. The first-order chi connectivity index (χ1) is 12.4. The van der Waals surface area contributed by atoms with E-state index in [9.17, 15) is 13.6 Å². The molecule has 1 aliphatic carbocycles. The van der Waals surface area contributed by atoms with Crippen LogP contribution in [0.2, 0.25) is 0 Å². The second-order valence-electron chi connectivity index (χ2n) is 6.44. The molecule has 3 rings (SSSR count).